The van der Waals surface area contributed by atoms with Gasteiger partial charge in [0.05, 0.1) is 0 Å². The zero-order chi connectivity index (χ0) is 14.7. The van der Waals surface area contributed by atoms with Gasteiger partial charge in [0.2, 0.25) is 0 Å². The second-order valence-electron chi connectivity index (χ2n) is 3.74. The van der Waals surface area contributed by atoms with E-state index in [4.69, 9.17) is 15.3 Å². The van der Waals surface area contributed by atoms with Gasteiger partial charge in [-0.25, -0.2) is 9.59 Å². The van der Waals surface area contributed by atoms with Crippen LogP contribution in [0.25, 0.3) is 0 Å². The summed E-state index contributed by atoms with van der Waals surface area (Å²) in [5.41, 5.74) is -0.0672. The van der Waals surface area contributed by atoms with Crippen molar-refractivity contribution in [3.63, 3.8) is 0 Å². The van der Waals surface area contributed by atoms with Crippen molar-refractivity contribution in [2.75, 3.05) is 0 Å². The molecule has 0 saturated heterocycles. The summed E-state index contributed by atoms with van der Waals surface area (Å²) in [6.07, 6.45) is 2.63. The van der Waals surface area contributed by atoms with Crippen LogP contribution in [-0.2, 0) is 14.4 Å². The van der Waals surface area contributed by atoms with Gasteiger partial charge in [0, 0.05) is 18.1 Å². The topological polar surface area (TPSA) is 112 Å². The van der Waals surface area contributed by atoms with Crippen LogP contribution in [0, 0.1) is 5.92 Å². The summed E-state index contributed by atoms with van der Waals surface area (Å²) < 4.78 is 0. The molecule has 0 heterocycles. The average Bonchev–Trinajstić information content (AvgIpc) is 2.23. The Morgan fingerprint density at radius 2 is 1.61 bits per heavy atom. The lowest BCUT2D eigenvalue weighted by Gasteiger charge is -1.94. The minimum atomic E-state index is -1.14. The van der Waals surface area contributed by atoms with E-state index < -0.39 is 17.9 Å². The highest BCUT2D eigenvalue weighted by Gasteiger charge is 2.05. The van der Waals surface area contributed by atoms with E-state index in [2.05, 4.69) is 6.58 Å². The number of carboxylic acids is 3. The first kappa shape index (κ1) is 18.3. The molecule has 0 aromatic rings. The lowest BCUT2D eigenvalue weighted by Crippen LogP contribution is -2.02. The van der Waals surface area contributed by atoms with Gasteiger partial charge in [-0.05, 0) is 12.3 Å². The Morgan fingerprint density at radius 1 is 1.11 bits per heavy atom. The van der Waals surface area contributed by atoms with Crippen LogP contribution in [0.3, 0.4) is 0 Å². The summed E-state index contributed by atoms with van der Waals surface area (Å²) in [6.45, 7) is 7.02. The molecule has 0 aromatic heterocycles. The lowest BCUT2D eigenvalue weighted by molar-refractivity contribution is -0.137. The van der Waals surface area contributed by atoms with Crippen LogP contribution in [0.15, 0.2) is 24.3 Å². The van der Waals surface area contributed by atoms with Gasteiger partial charge >= 0.3 is 17.9 Å². The van der Waals surface area contributed by atoms with Crippen LogP contribution < -0.4 is 0 Å². The Labute approximate surface area is 105 Å². The first-order valence-corrected chi connectivity index (χ1v) is 5.20. The molecule has 0 unspecified atom stereocenters. The summed E-state index contributed by atoms with van der Waals surface area (Å²) in [5.74, 6) is -2.70. The molecule has 6 nitrogen and oxygen atoms in total. The molecule has 0 rings (SSSR count). The summed E-state index contributed by atoms with van der Waals surface area (Å²) >= 11 is 0. The maximum absolute atomic E-state index is 10.0. The fourth-order valence-electron chi connectivity index (χ4n) is 0.640. The Balaban J connectivity index is 0. The summed E-state index contributed by atoms with van der Waals surface area (Å²) in [6, 6.07) is 0. The molecule has 0 aromatic carbocycles. The molecule has 18 heavy (non-hydrogen) atoms. The van der Waals surface area contributed by atoms with Gasteiger partial charge in [0.1, 0.15) is 0 Å². The lowest BCUT2D eigenvalue weighted by atomic mass is 10.2. The van der Waals surface area contributed by atoms with Crippen LogP contribution in [0.1, 0.15) is 26.7 Å². The van der Waals surface area contributed by atoms with E-state index in [1.165, 1.54) is 0 Å². The fraction of sp³-hybridized carbons (Fsp3) is 0.417. The monoisotopic (exact) mass is 258 g/mol. The number of allylic oxidation sites excluding steroid dienone is 1. The zero-order valence-corrected chi connectivity index (χ0v) is 10.4. The van der Waals surface area contributed by atoms with E-state index in [9.17, 15) is 14.4 Å². The van der Waals surface area contributed by atoms with Crippen molar-refractivity contribution in [1.29, 1.82) is 0 Å². The predicted octanol–water partition coefficient (Wildman–Crippen LogP) is 1.78. The molecule has 0 aliphatic heterocycles. The molecule has 0 atom stereocenters. The van der Waals surface area contributed by atoms with Gasteiger partial charge in [-0.2, -0.15) is 0 Å². The van der Waals surface area contributed by atoms with Crippen molar-refractivity contribution >= 4 is 17.9 Å². The minimum absolute atomic E-state index is 0.00463. The quantitative estimate of drug-likeness (QED) is 0.626. The molecule has 0 saturated carbocycles. The van der Waals surface area contributed by atoms with Gasteiger partial charge in [-0.1, -0.05) is 26.5 Å². The summed E-state index contributed by atoms with van der Waals surface area (Å²) in [4.78, 5) is 29.7. The van der Waals surface area contributed by atoms with Crippen molar-refractivity contribution in [1.82, 2.24) is 0 Å². The molecule has 0 aliphatic rings. The SMILES string of the molecule is C=C(CCC(=O)O)C(=O)O.CC(C)C=CC(=O)O. The van der Waals surface area contributed by atoms with Crippen molar-refractivity contribution in [2.45, 2.75) is 26.7 Å². The Kier molecular flexibility index (Phi) is 10.2. The molecule has 0 spiro atoms. The van der Waals surface area contributed by atoms with E-state index in [-0.39, 0.29) is 18.4 Å². The largest absolute Gasteiger partial charge is 0.481 e. The summed E-state index contributed by atoms with van der Waals surface area (Å²) in [5, 5.41) is 24.4. The van der Waals surface area contributed by atoms with E-state index in [1.807, 2.05) is 13.8 Å². The highest BCUT2D eigenvalue weighted by molar-refractivity contribution is 5.86. The molecular weight excluding hydrogens is 240 g/mol. The van der Waals surface area contributed by atoms with Crippen molar-refractivity contribution < 1.29 is 29.7 Å². The third-order valence-electron chi connectivity index (χ3n) is 1.57. The van der Waals surface area contributed by atoms with E-state index in [1.54, 1.807) is 6.08 Å². The second kappa shape index (κ2) is 10.1. The maximum Gasteiger partial charge on any atom is 0.330 e. The Morgan fingerprint density at radius 3 is 1.83 bits per heavy atom. The Hall–Kier alpha value is -2.11. The number of hydrogen-bond acceptors (Lipinski definition) is 3. The molecule has 3 N–H and O–H groups in total. The van der Waals surface area contributed by atoms with E-state index >= 15 is 0 Å². The summed E-state index contributed by atoms with van der Waals surface area (Å²) in [7, 11) is 0. The molecule has 0 aliphatic carbocycles. The fourth-order valence-corrected chi connectivity index (χ4v) is 0.640. The third kappa shape index (κ3) is 16.3. The van der Waals surface area contributed by atoms with Crippen molar-refractivity contribution in [2.24, 2.45) is 5.92 Å². The maximum atomic E-state index is 10.0. The first-order chi connectivity index (χ1) is 8.16. The van der Waals surface area contributed by atoms with Crippen LogP contribution in [0.4, 0.5) is 0 Å². The smallest absolute Gasteiger partial charge is 0.330 e. The number of carbonyl (C=O) groups is 3. The molecule has 6 heteroatoms. The van der Waals surface area contributed by atoms with Gasteiger partial charge < -0.3 is 15.3 Å². The number of carboxylic acid groups (broad SMARTS) is 3. The average molecular weight is 258 g/mol. The first-order valence-electron chi connectivity index (χ1n) is 5.20. The predicted molar refractivity (Wildman–Crippen MR) is 65.3 cm³/mol. The third-order valence-corrected chi connectivity index (χ3v) is 1.57. The van der Waals surface area contributed by atoms with Gasteiger partial charge in [0.15, 0.2) is 0 Å². The number of hydrogen-bond donors (Lipinski definition) is 3. The van der Waals surface area contributed by atoms with Crippen molar-refractivity contribution in [3.05, 3.63) is 24.3 Å². The highest BCUT2D eigenvalue weighted by Crippen LogP contribution is 2.01. The zero-order valence-electron chi connectivity index (χ0n) is 10.4. The van der Waals surface area contributed by atoms with E-state index in [0.29, 0.717) is 5.92 Å². The number of aliphatic carboxylic acids is 3. The second-order valence-corrected chi connectivity index (χ2v) is 3.74. The van der Waals surface area contributed by atoms with Crippen LogP contribution in [-0.4, -0.2) is 33.2 Å². The van der Waals surface area contributed by atoms with Gasteiger partial charge in [-0.3, -0.25) is 4.79 Å². The van der Waals surface area contributed by atoms with Crippen LogP contribution in [0.2, 0.25) is 0 Å². The van der Waals surface area contributed by atoms with Crippen molar-refractivity contribution in [3.8, 4) is 0 Å². The normalized spacial score (nSPS) is 9.72. The van der Waals surface area contributed by atoms with Gasteiger partial charge in [-0.15, -0.1) is 0 Å². The minimum Gasteiger partial charge on any atom is -0.481 e. The van der Waals surface area contributed by atoms with E-state index in [0.717, 1.165) is 6.08 Å². The molecule has 0 radical (unpaired) electrons. The van der Waals surface area contributed by atoms with Crippen LogP contribution >= 0.6 is 0 Å². The molecule has 102 valence electrons. The van der Waals surface area contributed by atoms with Gasteiger partial charge in [0.25, 0.3) is 0 Å². The molecule has 0 fully saturated rings. The molecule has 0 bridgehead atoms. The standard InChI is InChI=1S/C6H8O4.C6H10O2/c1-4(6(9)10)2-3-5(7)8;1-5(2)3-4-6(7)8/h1-3H2,(H,7,8)(H,9,10);3-5H,1-2H3,(H,7,8). The Bertz CT molecular complexity index is 340. The highest BCUT2D eigenvalue weighted by atomic mass is 16.4. The number of rotatable bonds is 6. The molecule has 0 amide bonds. The van der Waals surface area contributed by atoms with Crippen LogP contribution in [0.5, 0.6) is 0 Å². The molecular formula is C12H18O6.